The van der Waals surface area contributed by atoms with Crippen molar-refractivity contribution in [3.63, 3.8) is 0 Å². The van der Waals surface area contributed by atoms with Gasteiger partial charge in [-0.05, 0) is 62.9 Å². The Balaban J connectivity index is 1.42. The number of epoxide rings is 1. The van der Waals surface area contributed by atoms with Crippen LogP contribution in [0.4, 0.5) is 0 Å². The maximum Gasteiger partial charge on any atom is 0.306 e. The van der Waals surface area contributed by atoms with E-state index in [4.69, 9.17) is 9.47 Å². The molecule has 0 aromatic heterocycles. The molecular formula is C22H28O4. The molecule has 7 unspecified atom stereocenters. The summed E-state index contributed by atoms with van der Waals surface area (Å²) in [5.41, 5.74) is 1.12. The summed E-state index contributed by atoms with van der Waals surface area (Å²) >= 11 is 0. The van der Waals surface area contributed by atoms with Crippen molar-refractivity contribution >= 4 is 11.8 Å². The van der Waals surface area contributed by atoms with Gasteiger partial charge in [-0.3, -0.25) is 9.59 Å². The molecule has 5 fully saturated rings. The number of carbonyl (C=O) groups is 2. The quantitative estimate of drug-likeness (QED) is 0.490. The average Bonchev–Trinajstić information content (AvgIpc) is 3.08. The lowest BCUT2D eigenvalue weighted by Crippen LogP contribution is -2.59. The third-order valence-corrected chi connectivity index (χ3v) is 9.67. The lowest BCUT2D eigenvalue weighted by atomic mass is 9.46. The summed E-state index contributed by atoms with van der Waals surface area (Å²) in [6, 6.07) is 0. The molecule has 2 aliphatic heterocycles. The molecule has 0 N–H and O–H groups in total. The summed E-state index contributed by atoms with van der Waals surface area (Å²) in [5.74, 6) is 1.40. The third-order valence-electron chi connectivity index (χ3n) is 9.67. The van der Waals surface area contributed by atoms with E-state index >= 15 is 0 Å². The highest BCUT2D eigenvalue weighted by atomic mass is 16.6. The fraction of sp³-hybridized carbons (Fsp3) is 0.818. The van der Waals surface area contributed by atoms with Crippen LogP contribution in [0.2, 0.25) is 0 Å². The number of ketones is 1. The van der Waals surface area contributed by atoms with Crippen LogP contribution in [0.25, 0.3) is 0 Å². The van der Waals surface area contributed by atoms with Gasteiger partial charge in [0.1, 0.15) is 11.2 Å². The molecule has 0 bridgehead atoms. The molecule has 4 heteroatoms. The summed E-state index contributed by atoms with van der Waals surface area (Å²) < 4.78 is 12.6. The van der Waals surface area contributed by atoms with Crippen molar-refractivity contribution in [3.8, 4) is 0 Å². The van der Waals surface area contributed by atoms with E-state index in [1.807, 2.05) is 6.08 Å². The van der Waals surface area contributed by atoms with Crippen LogP contribution >= 0.6 is 0 Å². The van der Waals surface area contributed by atoms with Crippen LogP contribution in [-0.4, -0.2) is 29.1 Å². The molecule has 0 radical (unpaired) electrons. The van der Waals surface area contributed by atoms with Gasteiger partial charge >= 0.3 is 5.97 Å². The molecule has 2 heterocycles. The SMILES string of the molecule is CC12CCC(=O)C=C1CCC1C3CCC4(CCC(=O)O4)C3(C)CC3OC312. The number of hydrogen-bond donors (Lipinski definition) is 0. The first-order chi connectivity index (χ1) is 12.3. The van der Waals surface area contributed by atoms with Crippen molar-refractivity contribution in [2.45, 2.75) is 88.9 Å². The minimum Gasteiger partial charge on any atom is -0.458 e. The summed E-state index contributed by atoms with van der Waals surface area (Å²) in [5, 5.41) is 0. The number of ether oxygens (including phenoxy) is 2. The number of fused-ring (bicyclic) bond motifs is 4. The Morgan fingerprint density at radius 1 is 1.00 bits per heavy atom. The van der Waals surface area contributed by atoms with Crippen LogP contribution in [0.15, 0.2) is 11.6 Å². The summed E-state index contributed by atoms with van der Waals surface area (Å²) in [4.78, 5) is 24.0. The van der Waals surface area contributed by atoms with Crippen molar-refractivity contribution in [1.29, 1.82) is 0 Å². The first kappa shape index (κ1) is 15.9. The smallest absolute Gasteiger partial charge is 0.306 e. The maximum absolute atomic E-state index is 12.0. The van der Waals surface area contributed by atoms with E-state index < -0.39 is 0 Å². The van der Waals surface area contributed by atoms with E-state index in [0.717, 1.165) is 44.9 Å². The van der Waals surface area contributed by atoms with Crippen LogP contribution in [0.3, 0.4) is 0 Å². The molecule has 7 atom stereocenters. The Labute approximate surface area is 154 Å². The Hall–Kier alpha value is -1.16. The molecule has 6 rings (SSSR count). The Kier molecular flexibility index (Phi) is 2.72. The molecule has 26 heavy (non-hydrogen) atoms. The van der Waals surface area contributed by atoms with E-state index in [0.29, 0.717) is 30.5 Å². The normalized spacial score (nSPS) is 57.0. The maximum atomic E-state index is 12.0. The van der Waals surface area contributed by atoms with Crippen LogP contribution in [0, 0.1) is 22.7 Å². The Bertz CT molecular complexity index is 770. The summed E-state index contributed by atoms with van der Waals surface area (Å²) in [6.07, 6.45) is 10.6. The van der Waals surface area contributed by atoms with Crippen molar-refractivity contribution in [2.75, 3.05) is 0 Å². The minimum absolute atomic E-state index is 0.00737. The van der Waals surface area contributed by atoms with Gasteiger partial charge in [-0.1, -0.05) is 19.4 Å². The highest BCUT2D eigenvalue weighted by Crippen LogP contribution is 2.77. The first-order valence-corrected chi connectivity index (χ1v) is 10.5. The van der Waals surface area contributed by atoms with Gasteiger partial charge in [0.05, 0.1) is 6.10 Å². The topological polar surface area (TPSA) is 55.9 Å². The van der Waals surface area contributed by atoms with E-state index in [1.54, 1.807) is 0 Å². The van der Waals surface area contributed by atoms with E-state index in [9.17, 15) is 9.59 Å². The molecule has 4 nitrogen and oxygen atoms in total. The molecule has 4 aliphatic carbocycles. The fourth-order valence-corrected chi connectivity index (χ4v) is 8.30. The monoisotopic (exact) mass is 356 g/mol. The largest absolute Gasteiger partial charge is 0.458 e. The predicted octanol–water partition coefficient (Wildman–Crippen LogP) is 3.73. The molecule has 6 aliphatic rings. The molecule has 0 aromatic rings. The minimum atomic E-state index is -0.244. The lowest BCUT2D eigenvalue weighted by Gasteiger charge is -2.56. The number of rotatable bonds is 0. The molecule has 3 saturated carbocycles. The second-order valence-electron chi connectivity index (χ2n) is 10.2. The number of esters is 1. The molecule has 2 spiro atoms. The van der Waals surface area contributed by atoms with Gasteiger partial charge in [0.2, 0.25) is 0 Å². The fourth-order valence-electron chi connectivity index (χ4n) is 8.30. The molecule has 140 valence electrons. The summed E-state index contributed by atoms with van der Waals surface area (Å²) in [7, 11) is 0. The average molecular weight is 356 g/mol. The molecule has 0 amide bonds. The molecular weight excluding hydrogens is 328 g/mol. The number of carbonyl (C=O) groups excluding carboxylic acids is 2. The van der Waals surface area contributed by atoms with Gasteiger partial charge in [-0.2, -0.15) is 0 Å². The van der Waals surface area contributed by atoms with Crippen LogP contribution in [0.1, 0.15) is 71.6 Å². The predicted molar refractivity (Wildman–Crippen MR) is 94.3 cm³/mol. The standard InChI is InChI=1S/C22H28O4/c1-19-8-5-14(23)11-13(19)3-4-16-15-6-9-21(10-7-18(24)26-21)20(15,2)12-17-22(16,19)25-17/h11,15-17H,3-10,12H2,1-2H3. The van der Waals surface area contributed by atoms with E-state index in [-0.39, 0.29) is 34.1 Å². The second kappa shape index (κ2) is 4.45. The summed E-state index contributed by atoms with van der Waals surface area (Å²) in [6.45, 7) is 4.74. The zero-order valence-electron chi connectivity index (χ0n) is 15.8. The zero-order valence-corrected chi connectivity index (χ0v) is 15.8. The molecule has 2 saturated heterocycles. The van der Waals surface area contributed by atoms with Gasteiger partial charge in [-0.25, -0.2) is 0 Å². The van der Waals surface area contributed by atoms with Gasteiger partial charge in [-0.15, -0.1) is 0 Å². The van der Waals surface area contributed by atoms with Crippen molar-refractivity contribution in [1.82, 2.24) is 0 Å². The van der Waals surface area contributed by atoms with E-state index in [2.05, 4.69) is 13.8 Å². The van der Waals surface area contributed by atoms with E-state index in [1.165, 1.54) is 5.57 Å². The van der Waals surface area contributed by atoms with Crippen LogP contribution in [0.5, 0.6) is 0 Å². The highest BCUT2D eigenvalue weighted by Gasteiger charge is 2.81. The second-order valence-corrected chi connectivity index (χ2v) is 10.2. The lowest BCUT2D eigenvalue weighted by molar-refractivity contribution is -0.164. The third kappa shape index (κ3) is 1.51. The first-order valence-electron chi connectivity index (χ1n) is 10.5. The van der Waals surface area contributed by atoms with Gasteiger partial charge in [0, 0.05) is 23.7 Å². The van der Waals surface area contributed by atoms with Crippen LogP contribution in [-0.2, 0) is 19.1 Å². The number of hydrogen-bond acceptors (Lipinski definition) is 4. The molecule has 0 aromatic carbocycles. The van der Waals surface area contributed by atoms with Crippen molar-refractivity contribution in [3.05, 3.63) is 11.6 Å². The highest BCUT2D eigenvalue weighted by molar-refractivity contribution is 5.91. The zero-order chi connectivity index (χ0) is 17.9. The van der Waals surface area contributed by atoms with Crippen molar-refractivity contribution < 1.29 is 19.1 Å². The van der Waals surface area contributed by atoms with Gasteiger partial charge in [0.15, 0.2) is 5.78 Å². The Morgan fingerprint density at radius 3 is 2.62 bits per heavy atom. The van der Waals surface area contributed by atoms with Gasteiger partial charge < -0.3 is 9.47 Å². The van der Waals surface area contributed by atoms with Crippen LogP contribution < -0.4 is 0 Å². The Morgan fingerprint density at radius 2 is 1.85 bits per heavy atom. The van der Waals surface area contributed by atoms with Gasteiger partial charge in [0.25, 0.3) is 0 Å². The van der Waals surface area contributed by atoms with Crippen molar-refractivity contribution in [2.24, 2.45) is 22.7 Å².